The Bertz CT molecular complexity index is 279. The maximum atomic E-state index is 10.9. The van der Waals surface area contributed by atoms with Crippen molar-refractivity contribution in [3.05, 3.63) is 0 Å². The lowest BCUT2D eigenvalue weighted by atomic mass is 9.86. The number of hydrogen-bond acceptors (Lipinski definition) is 3. The Morgan fingerprint density at radius 3 is 2.18 bits per heavy atom. The Balaban J connectivity index is 1.90. The monoisotopic (exact) mass is 242 g/mol. The van der Waals surface area contributed by atoms with E-state index in [4.69, 9.17) is 5.11 Å². The molecule has 2 fully saturated rings. The summed E-state index contributed by atoms with van der Waals surface area (Å²) in [6, 6.07) is 0. The molecule has 0 aromatic carbocycles. The molecular weight excluding hydrogens is 220 g/mol. The SMILES string of the molecule is CC1(N2CCC(O)CC2)CCN(C(=O)O)CC1. The van der Waals surface area contributed by atoms with E-state index in [2.05, 4.69) is 11.8 Å². The summed E-state index contributed by atoms with van der Waals surface area (Å²) in [6.07, 6.45) is 2.54. The van der Waals surface area contributed by atoms with Gasteiger partial charge < -0.3 is 15.1 Å². The molecule has 0 spiro atoms. The van der Waals surface area contributed by atoms with Gasteiger partial charge in [-0.25, -0.2) is 4.79 Å². The lowest BCUT2D eigenvalue weighted by molar-refractivity contribution is -0.00727. The standard InChI is InChI=1S/C12H22N2O3/c1-12(14-6-2-10(15)3-7-14)4-8-13(9-5-12)11(16)17/h10,15H,2-9H2,1H3,(H,16,17). The van der Waals surface area contributed by atoms with E-state index >= 15 is 0 Å². The van der Waals surface area contributed by atoms with Gasteiger partial charge in [0.1, 0.15) is 0 Å². The molecule has 0 radical (unpaired) electrons. The molecule has 98 valence electrons. The first-order valence-electron chi connectivity index (χ1n) is 6.42. The molecule has 0 aliphatic carbocycles. The van der Waals surface area contributed by atoms with Crippen LogP contribution in [0.4, 0.5) is 4.79 Å². The van der Waals surface area contributed by atoms with Crippen molar-refractivity contribution in [3.63, 3.8) is 0 Å². The normalized spacial score (nSPS) is 27.1. The number of aliphatic hydroxyl groups excluding tert-OH is 1. The molecule has 2 aliphatic heterocycles. The Hall–Kier alpha value is -0.810. The number of aliphatic hydroxyl groups is 1. The minimum atomic E-state index is -0.805. The van der Waals surface area contributed by atoms with Crippen molar-refractivity contribution in [3.8, 4) is 0 Å². The average molecular weight is 242 g/mol. The number of hydrogen-bond donors (Lipinski definition) is 2. The smallest absolute Gasteiger partial charge is 0.407 e. The Morgan fingerprint density at radius 1 is 1.18 bits per heavy atom. The van der Waals surface area contributed by atoms with E-state index in [9.17, 15) is 9.90 Å². The molecule has 0 saturated carbocycles. The lowest BCUT2D eigenvalue weighted by Gasteiger charge is -2.48. The van der Waals surface area contributed by atoms with E-state index in [1.165, 1.54) is 4.90 Å². The van der Waals surface area contributed by atoms with Crippen LogP contribution in [0.2, 0.25) is 0 Å². The predicted molar refractivity (Wildman–Crippen MR) is 64.1 cm³/mol. The number of amides is 1. The van der Waals surface area contributed by atoms with E-state index in [0.29, 0.717) is 13.1 Å². The second-order valence-electron chi connectivity index (χ2n) is 5.48. The third-order valence-corrected chi connectivity index (χ3v) is 4.34. The van der Waals surface area contributed by atoms with Gasteiger partial charge in [0, 0.05) is 31.7 Å². The molecular formula is C12H22N2O3. The lowest BCUT2D eigenvalue weighted by Crippen LogP contribution is -2.56. The molecule has 0 unspecified atom stereocenters. The fourth-order valence-corrected chi connectivity index (χ4v) is 2.90. The van der Waals surface area contributed by atoms with Crippen molar-refractivity contribution >= 4 is 6.09 Å². The van der Waals surface area contributed by atoms with Gasteiger partial charge >= 0.3 is 6.09 Å². The molecule has 0 bridgehead atoms. The quantitative estimate of drug-likeness (QED) is 0.719. The maximum absolute atomic E-state index is 10.9. The molecule has 2 heterocycles. The summed E-state index contributed by atoms with van der Waals surface area (Å²) in [4.78, 5) is 14.8. The number of likely N-dealkylation sites (tertiary alicyclic amines) is 2. The van der Waals surface area contributed by atoms with Crippen molar-refractivity contribution in [2.45, 2.75) is 44.2 Å². The summed E-state index contributed by atoms with van der Waals surface area (Å²) < 4.78 is 0. The number of rotatable bonds is 1. The van der Waals surface area contributed by atoms with Crippen LogP contribution in [0.1, 0.15) is 32.6 Å². The first kappa shape index (κ1) is 12.6. The molecule has 5 heteroatoms. The zero-order valence-corrected chi connectivity index (χ0v) is 10.4. The van der Waals surface area contributed by atoms with Crippen LogP contribution in [0.15, 0.2) is 0 Å². The molecule has 0 aromatic heterocycles. The topological polar surface area (TPSA) is 64.0 Å². The summed E-state index contributed by atoms with van der Waals surface area (Å²) in [6.45, 7) is 5.36. The third-order valence-electron chi connectivity index (χ3n) is 4.34. The molecule has 17 heavy (non-hydrogen) atoms. The van der Waals surface area contributed by atoms with Crippen LogP contribution in [-0.2, 0) is 0 Å². The molecule has 5 nitrogen and oxygen atoms in total. The molecule has 2 aliphatic rings. The van der Waals surface area contributed by atoms with E-state index in [1.54, 1.807) is 0 Å². The molecule has 1 amide bonds. The van der Waals surface area contributed by atoms with Crippen LogP contribution >= 0.6 is 0 Å². The predicted octanol–water partition coefficient (Wildman–Crippen LogP) is 0.976. The van der Waals surface area contributed by atoms with Gasteiger partial charge in [-0.05, 0) is 32.6 Å². The summed E-state index contributed by atoms with van der Waals surface area (Å²) in [7, 11) is 0. The van der Waals surface area contributed by atoms with E-state index in [1.807, 2.05) is 0 Å². The summed E-state index contributed by atoms with van der Waals surface area (Å²) in [5.74, 6) is 0. The number of carbonyl (C=O) groups is 1. The molecule has 0 aromatic rings. The van der Waals surface area contributed by atoms with Gasteiger partial charge in [0.15, 0.2) is 0 Å². The summed E-state index contributed by atoms with van der Waals surface area (Å²) in [5, 5.41) is 18.4. The van der Waals surface area contributed by atoms with Crippen molar-refractivity contribution in [2.75, 3.05) is 26.2 Å². The highest BCUT2D eigenvalue weighted by molar-refractivity contribution is 5.65. The van der Waals surface area contributed by atoms with Gasteiger partial charge in [0.25, 0.3) is 0 Å². The highest BCUT2D eigenvalue weighted by Gasteiger charge is 2.38. The average Bonchev–Trinajstić information content (AvgIpc) is 2.30. The van der Waals surface area contributed by atoms with E-state index in [-0.39, 0.29) is 11.6 Å². The second kappa shape index (κ2) is 4.82. The molecule has 2 rings (SSSR count). The molecule has 0 atom stereocenters. The van der Waals surface area contributed by atoms with Gasteiger partial charge in [0.2, 0.25) is 0 Å². The van der Waals surface area contributed by atoms with Crippen LogP contribution in [-0.4, -0.2) is 63.9 Å². The second-order valence-corrected chi connectivity index (χ2v) is 5.48. The van der Waals surface area contributed by atoms with Crippen molar-refractivity contribution in [2.24, 2.45) is 0 Å². The first-order chi connectivity index (χ1) is 8.01. The van der Waals surface area contributed by atoms with Gasteiger partial charge in [-0.15, -0.1) is 0 Å². The largest absolute Gasteiger partial charge is 0.465 e. The highest BCUT2D eigenvalue weighted by atomic mass is 16.4. The highest BCUT2D eigenvalue weighted by Crippen LogP contribution is 2.31. The molecule has 2 saturated heterocycles. The maximum Gasteiger partial charge on any atom is 0.407 e. The Labute approximate surface area is 102 Å². The van der Waals surface area contributed by atoms with Crippen LogP contribution in [0.25, 0.3) is 0 Å². The first-order valence-corrected chi connectivity index (χ1v) is 6.42. The minimum absolute atomic E-state index is 0.117. The van der Waals surface area contributed by atoms with Crippen LogP contribution < -0.4 is 0 Å². The third kappa shape index (κ3) is 2.72. The zero-order chi connectivity index (χ0) is 12.5. The van der Waals surface area contributed by atoms with Gasteiger partial charge in [-0.3, -0.25) is 4.90 Å². The summed E-state index contributed by atoms with van der Waals surface area (Å²) in [5.41, 5.74) is 0.117. The van der Waals surface area contributed by atoms with Crippen LogP contribution in [0.5, 0.6) is 0 Å². The Kier molecular flexibility index (Phi) is 3.58. The van der Waals surface area contributed by atoms with Crippen molar-refractivity contribution in [1.82, 2.24) is 9.80 Å². The number of nitrogens with zero attached hydrogens (tertiary/aromatic N) is 2. The number of piperidine rings is 2. The zero-order valence-electron chi connectivity index (χ0n) is 10.4. The van der Waals surface area contributed by atoms with E-state index in [0.717, 1.165) is 38.8 Å². The Morgan fingerprint density at radius 2 is 1.71 bits per heavy atom. The minimum Gasteiger partial charge on any atom is -0.465 e. The fraction of sp³-hybridized carbons (Fsp3) is 0.917. The van der Waals surface area contributed by atoms with Gasteiger partial charge in [-0.1, -0.05) is 0 Å². The van der Waals surface area contributed by atoms with Crippen LogP contribution in [0.3, 0.4) is 0 Å². The van der Waals surface area contributed by atoms with Crippen molar-refractivity contribution in [1.29, 1.82) is 0 Å². The van der Waals surface area contributed by atoms with Gasteiger partial charge in [0.05, 0.1) is 6.10 Å². The summed E-state index contributed by atoms with van der Waals surface area (Å²) >= 11 is 0. The van der Waals surface area contributed by atoms with E-state index < -0.39 is 6.09 Å². The van der Waals surface area contributed by atoms with Crippen LogP contribution in [0, 0.1) is 0 Å². The van der Waals surface area contributed by atoms with Gasteiger partial charge in [-0.2, -0.15) is 0 Å². The van der Waals surface area contributed by atoms with Crippen molar-refractivity contribution < 1.29 is 15.0 Å². The fourth-order valence-electron chi connectivity index (χ4n) is 2.90. The molecule has 2 N–H and O–H groups in total. The number of carboxylic acid groups (broad SMARTS) is 1.